The molecule has 1 N–H and O–H groups in total. The molecule has 3 nitrogen and oxygen atoms in total. The maximum Gasteiger partial charge on any atom is 0.222 e. The number of aromatic nitrogens is 2. The predicted octanol–water partition coefficient (Wildman–Crippen LogP) is 2.74. The van der Waals surface area contributed by atoms with E-state index in [1.54, 1.807) is 18.5 Å². The van der Waals surface area contributed by atoms with Gasteiger partial charge in [-0.15, -0.1) is 11.6 Å². The van der Waals surface area contributed by atoms with Crippen LogP contribution in [0.5, 0.6) is 0 Å². The van der Waals surface area contributed by atoms with Crippen molar-refractivity contribution < 1.29 is 0 Å². The fourth-order valence-electron chi connectivity index (χ4n) is 1.60. The quantitative estimate of drug-likeness (QED) is 0.826. The first kappa shape index (κ1) is 11.9. The van der Waals surface area contributed by atoms with Crippen LogP contribution in [-0.2, 0) is 6.42 Å². The van der Waals surface area contributed by atoms with Crippen LogP contribution in [0, 0.1) is 0 Å². The van der Waals surface area contributed by atoms with Gasteiger partial charge in [-0.05, 0) is 18.1 Å². The lowest BCUT2D eigenvalue weighted by Gasteiger charge is -2.15. The second-order valence-electron chi connectivity index (χ2n) is 3.76. The summed E-state index contributed by atoms with van der Waals surface area (Å²) >= 11 is 5.95. The zero-order valence-corrected chi connectivity index (χ0v) is 10.1. The molecule has 0 saturated heterocycles. The maximum atomic E-state index is 5.95. The van der Waals surface area contributed by atoms with Gasteiger partial charge in [-0.2, -0.15) is 0 Å². The second-order valence-corrected chi connectivity index (χ2v) is 4.07. The number of hydrogen-bond acceptors (Lipinski definition) is 3. The molecule has 0 fully saturated rings. The molecule has 0 aliphatic heterocycles. The molecule has 17 heavy (non-hydrogen) atoms. The van der Waals surface area contributed by atoms with Crippen LogP contribution >= 0.6 is 11.6 Å². The van der Waals surface area contributed by atoms with Crippen molar-refractivity contribution in [2.45, 2.75) is 12.5 Å². The van der Waals surface area contributed by atoms with Crippen molar-refractivity contribution in [3.8, 4) is 0 Å². The fourth-order valence-corrected chi connectivity index (χ4v) is 1.79. The molecule has 0 aliphatic carbocycles. The maximum absolute atomic E-state index is 5.95. The number of rotatable bonds is 5. The molecule has 88 valence electrons. The Kier molecular flexibility index (Phi) is 4.33. The summed E-state index contributed by atoms with van der Waals surface area (Å²) in [7, 11) is 0. The van der Waals surface area contributed by atoms with E-state index in [1.807, 2.05) is 18.2 Å². The van der Waals surface area contributed by atoms with Crippen LogP contribution in [0.3, 0.4) is 0 Å². The average molecular weight is 248 g/mol. The minimum Gasteiger partial charge on any atom is -0.350 e. The number of nitrogens with one attached hydrogen (secondary N) is 1. The van der Waals surface area contributed by atoms with E-state index < -0.39 is 0 Å². The normalized spacial score (nSPS) is 12.1. The third-order valence-corrected chi connectivity index (χ3v) is 2.78. The largest absolute Gasteiger partial charge is 0.350 e. The van der Waals surface area contributed by atoms with Crippen LogP contribution < -0.4 is 5.32 Å². The highest BCUT2D eigenvalue weighted by Crippen LogP contribution is 2.08. The lowest BCUT2D eigenvalue weighted by Crippen LogP contribution is -2.25. The minimum atomic E-state index is 0.140. The first-order valence-corrected chi connectivity index (χ1v) is 6.05. The van der Waals surface area contributed by atoms with E-state index in [0.717, 1.165) is 6.42 Å². The molecule has 1 aromatic carbocycles. The molecule has 2 aromatic rings. The van der Waals surface area contributed by atoms with Crippen molar-refractivity contribution in [2.75, 3.05) is 11.2 Å². The Morgan fingerprint density at radius 1 is 1.06 bits per heavy atom. The number of nitrogens with zero attached hydrogens (tertiary/aromatic N) is 2. The average Bonchev–Trinajstić information content (AvgIpc) is 2.40. The molecular weight excluding hydrogens is 234 g/mol. The van der Waals surface area contributed by atoms with Gasteiger partial charge in [0, 0.05) is 24.3 Å². The van der Waals surface area contributed by atoms with Gasteiger partial charge in [0.25, 0.3) is 0 Å². The highest BCUT2D eigenvalue weighted by molar-refractivity contribution is 6.18. The first-order chi connectivity index (χ1) is 8.38. The molecule has 1 aromatic heterocycles. The highest BCUT2D eigenvalue weighted by Gasteiger charge is 2.09. The summed E-state index contributed by atoms with van der Waals surface area (Å²) in [5.41, 5.74) is 1.25. The van der Waals surface area contributed by atoms with E-state index in [9.17, 15) is 0 Å². The van der Waals surface area contributed by atoms with Gasteiger partial charge in [0.2, 0.25) is 5.95 Å². The lowest BCUT2D eigenvalue weighted by molar-refractivity contribution is 0.783. The number of alkyl halides is 1. The Bertz CT molecular complexity index is 391. The van der Waals surface area contributed by atoms with Gasteiger partial charge in [0.1, 0.15) is 0 Å². The number of benzene rings is 1. The SMILES string of the molecule is ClCC(Cc1ccccc1)Nc1ncccn1. The van der Waals surface area contributed by atoms with Crippen LogP contribution in [0.4, 0.5) is 5.95 Å². The van der Waals surface area contributed by atoms with Crippen molar-refractivity contribution in [1.82, 2.24) is 9.97 Å². The van der Waals surface area contributed by atoms with E-state index in [1.165, 1.54) is 5.56 Å². The Balaban J connectivity index is 1.98. The van der Waals surface area contributed by atoms with Gasteiger partial charge >= 0.3 is 0 Å². The third kappa shape index (κ3) is 3.71. The first-order valence-electron chi connectivity index (χ1n) is 5.52. The standard InChI is InChI=1S/C13H14ClN3/c14-10-12(9-11-5-2-1-3-6-11)17-13-15-7-4-8-16-13/h1-8,12H,9-10H2,(H,15,16,17). The van der Waals surface area contributed by atoms with E-state index in [0.29, 0.717) is 11.8 Å². The van der Waals surface area contributed by atoms with Crippen LogP contribution in [0.25, 0.3) is 0 Å². The molecule has 0 radical (unpaired) electrons. The molecule has 0 saturated carbocycles. The van der Waals surface area contributed by atoms with Gasteiger partial charge < -0.3 is 5.32 Å². The zero-order valence-electron chi connectivity index (χ0n) is 9.38. The van der Waals surface area contributed by atoms with Crippen molar-refractivity contribution >= 4 is 17.5 Å². The molecule has 0 amide bonds. The van der Waals surface area contributed by atoms with Crippen molar-refractivity contribution in [3.63, 3.8) is 0 Å². The molecule has 1 atom stereocenters. The monoisotopic (exact) mass is 247 g/mol. The van der Waals surface area contributed by atoms with E-state index in [4.69, 9.17) is 11.6 Å². The third-order valence-electron chi connectivity index (χ3n) is 2.41. The zero-order chi connectivity index (χ0) is 11.9. The Morgan fingerprint density at radius 2 is 1.76 bits per heavy atom. The second kappa shape index (κ2) is 6.21. The van der Waals surface area contributed by atoms with Crippen LogP contribution in [0.2, 0.25) is 0 Å². The Labute approximate surface area is 106 Å². The summed E-state index contributed by atoms with van der Waals surface area (Å²) in [5, 5.41) is 3.22. The van der Waals surface area contributed by atoms with Crippen LogP contribution in [-0.4, -0.2) is 21.9 Å². The van der Waals surface area contributed by atoms with Crippen molar-refractivity contribution in [3.05, 3.63) is 54.4 Å². The Hall–Kier alpha value is -1.61. The van der Waals surface area contributed by atoms with Crippen LogP contribution in [0.15, 0.2) is 48.8 Å². The molecule has 1 heterocycles. The summed E-state index contributed by atoms with van der Waals surface area (Å²) in [4.78, 5) is 8.25. The van der Waals surface area contributed by atoms with E-state index in [-0.39, 0.29) is 6.04 Å². The summed E-state index contributed by atoms with van der Waals surface area (Å²) in [6.07, 6.45) is 4.29. The van der Waals surface area contributed by atoms with Crippen molar-refractivity contribution in [2.24, 2.45) is 0 Å². The minimum absolute atomic E-state index is 0.140. The van der Waals surface area contributed by atoms with E-state index in [2.05, 4.69) is 27.4 Å². The smallest absolute Gasteiger partial charge is 0.222 e. The molecule has 0 spiro atoms. The van der Waals surface area contributed by atoms with E-state index >= 15 is 0 Å². The van der Waals surface area contributed by atoms with Gasteiger partial charge in [-0.25, -0.2) is 9.97 Å². The number of hydrogen-bond donors (Lipinski definition) is 1. The molecule has 0 aliphatic rings. The summed E-state index contributed by atoms with van der Waals surface area (Å²) in [5.74, 6) is 1.14. The highest BCUT2D eigenvalue weighted by atomic mass is 35.5. The van der Waals surface area contributed by atoms with Crippen molar-refractivity contribution in [1.29, 1.82) is 0 Å². The van der Waals surface area contributed by atoms with Crippen LogP contribution in [0.1, 0.15) is 5.56 Å². The van der Waals surface area contributed by atoms with Gasteiger partial charge in [0.15, 0.2) is 0 Å². The molecule has 0 bridgehead atoms. The molecule has 1 unspecified atom stereocenters. The summed E-state index contributed by atoms with van der Waals surface area (Å²) in [6, 6.07) is 12.2. The summed E-state index contributed by atoms with van der Waals surface area (Å²) in [6.45, 7) is 0. The Morgan fingerprint density at radius 3 is 2.41 bits per heavy atom. The van der Waals surface area contributed by atoms with Gasteiger partial charge in [-0.1, -0.05) is 30.3 Å². The molecular formula is C13H14ClN3. The topological polar surface area (TPSA) is 37.8 Å². The van der Waals surface area contributed by atoms with Gasteiger partial charge in [-0.3, -0.25) is 0 Å². The number of anilines is 1. The fraction of sp³-hybridized carbons (Fsp3) is 0.231. The predicted molar refractivity (Wildman–Crippen MR) is 70.3 cm³/mol. The molecule has 2 rings (SSSR count). The molecule has 4 heteroatoms. The summed E-state index contributed by atoms with van der Waals surface area (Å²) < 4.78 is 0. The number of halogens is 1. The van der Waals surface area contributed by atoms with Gasteiger partial charge in [0.05, 0.1) is 0 Å². The lowest BCUT2D eigenvalue weighted by atomic mass is 10.1.